The van der Waals surface area contributed by atoms with Crippen LogP contribution in [0.5, 0.6) is 0 Å². The quantitative estimate of drug-likeness (QED) is 0.394. The first kappa shape index (κ1) is 17.8. The van der Waals surface area contributed by atoms with Gasteiger partial charge in [-0.2, -0.15) is 4.52 Å². The van der Waals surface area contributed by atoms with Crippen LogP contribution in [-0.4, -0.2) is 19.8 Å². The number of hydrogen-bond acceptors (Lipinski definition) is 5. The fourth-order valence-corrected chi connectivity index (χ4v) is 4.26. The molecule has 2 aromatic heterocycles. The first-order valence-corrected chi connectivity index (χ1v) is 10.3. The number of nitrogens with one attached hydrogen (secondary N) is 1. The van der Waals surface area contributed by atoms with Crippen LogP contribution in [0.3, 0.4) is 0 Å². The van der Waals surface area contributed by atoms with E-state index in [1.54, 1.807) is 0 Å². The number of fused-ring (bicyclic) bond motifs is 1. The van der Waals surface area contributed by atoms with E-state index in [0.717, 1.165) is 27.6 Å². The minimum absolute atomic E-state index is 0.0670. The van der Waals surface area contributed by atoms with Gasteiger partial charge >= 0.3 is 0 Å². The molecule has 0 aliphatic carbocycles. The molecule has 29 heavy (non-hydrogen) atoms. The lowest BCUT2D eigenvalue weighted by Crippen LogP contribution is -2.09. The first-order chi connectivity index (χ1) is 14.3. The van der Waals surface area contributed by atoms with Gasteiger partial charge in [0, 0.05) is 0 Å². The maximum Gasteiger partial charge on any atom is 0.236 e. The van der Waals surface area contributed by atoms with Gasteiger partial charge in [-0.25, -0.2) is 0 Å². The fourth-order valence-electron chi connectivity index (χ4n) is 3.32. The number of rotatable bonds is 5. The van der Waals surface area contributed by atoms with Crippen LogP contribution in [0.1, 0.15) is 22.9 Å². The summed E-state index contributed by atoms with van der Waals surface area (Å²) in [6, 6.07) is 28.2. The Morgan fingerprint density at radius 1 is 0.793 bits per heavy atom. The summed E-state index contributed by atoms with van der Waals surface area (Å²) in [7, 11) is 0. The summed E-state index contributed by atoms with van der Waals surface area (Å²) in [5.74, 6) is 0.712. The van der Waals surface area contributed by atoms with E-state index >= 15 is 0 Å². The second-order valence-corrected chi connectivity index (χ2v) is 7.88. The molecule has 7 heteroatoms. The van der Waals surface area contributed by atoms with Crippen molar-refractivity contribution in [2.45, 2.75) is 5.92 Å². The van der Waals surface area contributed by atoms with Crippen molar-refractivity contribution in [3.63, 3.8) is 0 Å². The van der Waals surface area contributed by atoms with Crippen molar-refractivity contribution < 1.29 is 0 Å². The summed E-state index contributed by atoms with van der Waals surface area (Å²) in [6.07, 6.45) is 0. The van der Waals surface area contributed by atoms with E-state index in [1.807, 2.05) is 65.2 Å². The third kappa shape index (κ3) is 3.48. The summed E-state index contributed by atoms with van der Waals surface area (Å²) in [5.41, 5.74) is 3.09. The Labute approximate surface area is 176 Å². The van der Waals surface area contributed by atoms with Crippen molar-refractivity contribution in [1.82, 2.24) is 19.8 Å². The van der Waals surface area contributed by atoms with Crippen LogP contribution < -0.4 is 5.32 Å². The molecule has 0 unspecified atom stereocenters. The van der Waals surface area contributed by atoms with Gasteiger partial charge in [0.2, 0.25) is 10.1 Å². The highest BCUT2D eigenvalue weighted by Gasteiger charge is 2.24. The summed E-state index contributed by atoms with van der Waals surface area (Å²) >= 11 is 7.71. The third-order valence-electron chi connectivity index (χ3n) is 4.65. The lowest BCUT2D eigenvalue weighted by Gasteiger charge is -2.15. The van der Waals surface area contributed by atoms with Crippen molar-refractivity contribution >= 4 is 38.7 Å². The zero-order valence-corrected chi connectivity index (χ0v) is 16.8. The Balaban J connectivity index is 1.59. The molecule has 0 amide bonds. The SMILES string of the molecule is Clc1ccccc1Nc1nn2c(C(c3ccccc3)c3ccccc3)nnc2s1. The van der Waals surface area contributed by atoms with E-state index in [9.17, 15) is 0 Å². The van der Waals surface area contributed by atoms with Gasteiger partial charge < -0.3 is 5.32 Å². The van der Waals surface area contributed by atoms with Crippen molar-refractivity contribution in [2.75, 3.05) is 5.32 Å². The second-order valence-electron chi connectivity index (χ2n) is 6.52. The van der Waals surface area contributed by atoms with E-state index in [1.165, 1.54) is 11.3 Å². The highest BCUT2D eigenvalue weighted by atomic mass is 35.5. The molecule has 5 aromatic rings. The third-order valence-corrected chi connectivity index (χ3v) is 5.80. The Hall–Kier alpha value is -3.22. The largest absolute Gasteiger partial charge is 0.329 e. The van der Waals surface area contributed by atoms with Crippen molar-refractivity contribution in [3.05, 3.63) is 107 Å². The zero-order valence-electron chi connectivity index (χ0n) is 15.2. The number of nitrogens with zero attached hydrogens (tertiary/aromatic N) is 4. The van der Waals surface area contributed by atoms with Gasteiger partial charge in [0.25, 0.3) is 0 Å². The van der Waals surface area contributed by atoms with Crippen LogP contribution in [0.4, 0.5) is 10.8 Å². The molecule has 0 spiro atoms. The molecule has 3 aromatic carbocycles. The lowest BCUT2D eigenvalue weighted by molar-refractivity contribution is 0.786. The Kier molecular flexibility index (Phi) is 4.71. The molecule has 5 nitrogen and oxygen atoms in total. The highest BCUT2D eigenvalue weighted by molar-refractivity contribution is 7.20. The van der Waals surface area contributed by atoms with Gasteiger partial charge in [0.05, 0.1) is 16.6 Å². The molecule has 0 saturated carbocycles. The average Bonchev–Trinajstić information content (AvgIpc) is 3.33. The standard InChI is InChI=1S/C22H16ClN5S/c23-17-13-7-8-14-18(17)24-21-27-28-20(25-26-22(28)29-21)19(15-9-3-1-4-10-15)16-11-5-2-6-12-16/h1-14,19H,(H,24,27). The van der Waals surface area contributed by atoms with E-state index in [4.69, 9.17) is 16.7 Å². The predicted molar refractivity (Wildman–Crippen MR) is 117 cm³/mol. The molecule has 0 atom stereocenters. The summed E-state index contributed by atoms with van der Waals surface area (Å²) in [5, 5.41) is 18.2. The second kappa shape index (κ2) is 7.66. The predicted octanol–water partition coefficient (Wildman–Crippen LogP) is 5.76. The summed E-state index contributed by atoms with van der Waals surface area (Å²) in [4.78, 5) is 0.728. The molecule has 142 valence electrons. The van der Waals surface area contributed by atoms with Crippen LogP contribution in [-0.2, 0) is 0 Å². The van der Waals surface area contributed by atoms with Crippen LogP contribution in [0.15, 0.2) is 84.9 Å². The molecule has 0 aliphatic heterocycles. The normalized spacial score (nSPS) is 11.2. The van der Waals surface area contributed by atoms with Gasteiger partial charge in [-0.3, -0.25) is 0 Å². The van der Waals surface area contributed by atoms with E-state index in [2.05, 4.69) is 39.8 Å². The van der Waals surface area contributed by atoms with Gasteiger partial charge in [-0.1, -0.05) is 95.7 Å². The van der Waals surface area contributed by atoms with E-state index < -0.39 is 0 Å². The smallest absolute Gasteiger partial charge is 0.236 e. The molecular weight excluding hydrogens is 402 g/mol. The van der Waals surface area contributed by atoms with Gasteiger partial charge in [-0.15, -0.1) is 15.3 Å². The summed E-state index contributed by atoms with van der Waals surface area (Å²) in [6.45, 7) is 0. The molecule has 0 bridgehead atoms. The molecule has 0 radical (unpaired) electrons. The molecular formula is C22H16ClN5S. The van der Waals surface area contributed by atoms with Gasteiger partial charge in [0.1, 0.15) is 0 Å². The van der Waals surface area contributed by atoms with Gasteiger partial charge in [0.15, 0.2) is 5.82 Å². The van der Waals surface area contributed by atoms with Crippen molar-refractivity contribution in [3.8, 4) is 0 Å². The topological polar surface area (TPSA) is 55.1 Å². The number of anilines is 2. The van der Waals surface area contributed by atoms with Crippen LogP contribution in [0.2, 0.25) is 5.02 Å². The fraction of sp³-hybridized carbons (Fsp3) is 0.0455. The number of aromatic nitrogens is 4. The maximum absolute atomic E-state index is 6.27. The van der Waals surface area contributed by atoms with E-state index in [0.29, 0.717) is 10.2 Å². The average molecular weight is 418 g/mol. The lowest BCUT2D eigenvalue weighted by atomic mass is 9.91. The van der Waals surface area contributed by atoms with Crippen molar-refractivity contribution in [2.24, 2.45) is 0 Å². The number of hydrogen-bond donors (Lipinski definition) is 1. The molecule has 1 N–H and O–H groups in total. The Bertz CT molecular complexity index is 1210. The molecule has 5 rings (SSSR count). The number of halogens is 1. The zero-order chi connectivity index (χ0) is 19.6. The van der Waals surface area contributed by atoms with Crippen LogP contribution >= 0.6 is 22.9 Å². The minimum Gasteiger partial charge on any atom is -0.329 e. The van der Waals surface area contributed by atoms with E-state index in [-0.39, 0.29) is 5.92 Å². The van der Waals surface area contributed by atoms with Gasteiger partial charge in [-0.05, 0) is 23.3 Å². The highest BCUT2D eigenvalue weighted by Crippen LogP contribution is 2.33. The molecule has 2 heterocycles. The number of para-hydroxylation sites is 1. The Morgan fingerprint density at radius 2 is 1.41 bits per heavy atom. The van der Waals surface area contributed by atoms with Crippen LogP contribution in [0, 0.1) is 0 Å². The van der Waals surface area contributed by atoms with Crippen molar-refractivity contribution in [1.29, 1.82) is 0 Å². The Morgan fingerprint density at radius 3 is 2.07 bits per heavy atom. The summed E-state index contributed by atoms with van der Waals surface area (Å²) < 4.78 is 1.81. The molecule has 0 saturated heterocycles. The monoisotopic (exact) mass is 417 g/mol. The minimum atomic E-state index is -0.0670. The van der Waals surface area contributed by atoms with Crippen LogP contribution in [0.25, 0.3) is 4.96 Å². The first-order valence-electron chi connectivity index (χ1n) is 9.13. The maximum atomic E-state index is 6.27. The number of benzene rings is 3. The molecule has 0 fully saturated rings. The molecule has 0 aliphatic rings.